The predicted octanol–water partition coefficient (Wildman–Crippen LogP) is 1.73. The molecule has 0 radical (unpaired) electrons. The van der Waals surface area contributed by atoms with E-state index < -0.39 is 0 Å². The van der Waals surface area contributed by atoms with Crippen LogP contribution in [0.4, 0.5) is 5.95 Å². The van der Waals surface area contributed by atoms with Gasteiger partial charge in [0, 0.05) is 24.5 Å². The zero-order valence-corrected chi connectivity index (χ0v) is 10.3. The minimum Gasteiger partial charge on any atom is -0.339 e. The molecule has 0 aliphatic carbocycles. The summed E-state index contributed by atoms with van der Waals surface area (Å²) in [6.07, 6.45) is 3.79. The molecule has 1 fully saturated rings. The molecule has 1 aliphatic heterocycles. The van der Waals surface area contributed by atoms with Crippen molar-refractivity contribution < 1.29 is 0 Å². The SMILES string of the molecule is Cc1cc(C)n2nc(N3CCCCC3)nc2n1. The maximum atomic E-state index is 4.55. The van der Waals surface area contributed by atoms with Crippen LogP contribution in [0.5, 0.6) is 0 Å². The summed E-state index contributed by atoms with van der Waals surface area (Å²) in [4.78, 5) is 11.2. The lowest BCUT2D eigenvalue weighted by Crippen LogP contribution is -2.30. The summed E-state index contributed by atoms with van der Waals surface area (Å²) in [5.74, 6) is 1.54. The highest BCUT2D eigenvalue weighted by molar-refractivity contribution is 5.41. The molecule has 5 heteroatoms. The number of piperidine rings is 1. The average molecular weight is 231 g/mol. The van der Waals surface area contributed by atoms with Crippen LogP contribution in [-0.4, -0.2) is 32.7 Å². The molecule has 0 unspecified atom stereocenters. The van der Waals surface area contributed by atoms with Gasteiger partial charge in [-0.2, -0.15) is 9.50 Å². The maximum Gasteiger partial charge on any atom is 0.254 e. The van der Waals surface area contributed by atoms with Crippen molar-refractivity contribution in [2.75, 3.05) is 18.0 Å². The Hall–Kier alpha value is -1.65. The van der Waals surface area contributed by atoms with Gasteiger partial charge in [0.25, 0.3) is 5.78 Å². The molecule has 1 aliphatic rings. The monoisotopic (exact) mass is 231 g/mol. The van der Waals surface area contributed by atoms with Crippen LogP contribution in [-0.2, 0) is 0 Å². The third kappa shape index (κ3) is 1.85. The van der Waals surface area contributed by atoms with Crippen molar-refractivity contribution in [3.8, 4) is 0 Å². The molecule has 0 saturated carbocycles. The molecule has 0 aromatic carbocycles. The molecular weight excluding hydrogens is 214 g/mol. The molecule has 0 amide bonds. The number of aromatic nitrogens is 4. The van der Waals surface area contributed by atoms with Crippen molar-refractivity contribution in [1.82, 2.24) is 19.6 Å². The highest BCUT2D eigenvalue weighted by Gasteiger charge is 2.16. The smallest absolute Gasteiger partial charge is 0.254 e. The van der Waals surface area contributed by atoms with E-state index >= 15 is 0 Å². The lowest BCUT2D eigenvalue weighted by atomic mass is 10.1. The van der Waals surface area contributed by atoms with Crippen LogP contribution in [0.2, 0.25) is 0 Å². The Morgan fingerprint density at radius 2 is 1.82 bits per heavy atom. The molecule has 90 valence electrons. The zero-order chi connectivity index (χ0) is 11.8. The van der Waals surface area contributed by atoms with E-state index in [0.29, 0.717) is 5.78 Å². The molecule has 5 nitrogen and oxygen atoms in total. The summed E-state index contributed by atoms with van der Waals surface area (Å²) in [5.41, 5.74) is 2.08. The van der Waals surface area contributed by atoms with E-state index in [0.717, 1.165) is 30.4 Å². The van der Waals surface area contributed by atoms with Gasteiger partial charge in [-0.05, 0) is 39.2 Å². The van der Waals surface area contributed by atoms with E-state index in [9.17, 15) is 0 Å². The first-order valence-corrected chi connectivity index (χ1v) is 6.20. The van der Waals surface area contributed by atoms with E-state index in [1.807, 2.05) is 24.4 Å². The van der Waals surface area contributed by atoms with Gasteiger partial charge in [0.2, 0.25) is 5.95 Å². The minimum absolute atomic E-state index is 0.711. The summed E-state index contributed by atoms with van der Waals surface area (Å²) in [6.45, 7) is 6.16. The second-order valence-corrected chi connectivity index (χ2v) is 4.71. The molecule has 0 bridgehead atoms. The summed E-state index contributed by atoms with van der Waals surface area (Å²) in [7, 11) is 0. The maximum absolute atomic E-state index is 4.55. The number of hydrogen-bond acceptors (Lipinski definition) is 4. The summed E-state index contributed by atoms with van der Waals surface area (Å²) in [5, 5.41) is 4.55. The molecule has 0 spiro atoms. The van der Waals surface area contributed by atoms with Gasteiger partial charge in [-0.1, -0.05) is 0 Å². The molecule has 0 atom stereocenters. The first-order chi connectivity index (χ1) is 8.24. The van der Waals surface area contributed by atoms with Crippen molar-refractivity contribution in [3.63, 3.8) is 0 Å². The van der Waals surface area contributed by atoms with Crippen LogP contribution >= 0.6 is 0 Å². The highest BCUT2D eigenvalue weighted by Crippen LogP contribution is 2.17. The fourth-order valence-electron chi connectivity index (χ4n) is 2.38. The van der Waals surface area contributed by atoms with Crippen molar-refractivity contribution >= 4 is 11.7 Å². The average Bonchev–Trinajstić information content (AvgIpc) is 2.74. The van der Waals surface area contributed by atoms with Crippen LogP contribution < -0.4 is 4.90 Å². The van der Waals surface area contributed by atoms with Crippen LogP contribution in [0.15, 0.2) is 6.07 Å². The largest absolute Gasteiger partial charge is 0.339 e. The fourth-order valence-corrected chi connectivity index (χ4v) is 2.38. The molecule has 0 N–H and O–H groups in total. The second-order valence-electron chi connectivity index (χ2n) is 4.71. The molecule has 2 aromatic rings. The summed E-state index contributed by atoms with van der Waals surface area (Å²) >= 11 is 0. The zero-order valence-electron chi connectivity index (χ0n) is 10.3. The summed E-state index contributed by atoms with van der Waals surface area (Å²) < 4.78 is 1.83. The van der Waals surface area contributed by atoms with Crippen molar-refractivity contribution in [2.24, 2.45) is 0 Å². The van der Waals surface area contributed by atoms with Gasteiger partial charge in [0.1, 0.15) is 0 Å². The quantitative estimate of drug-likeness (QED) is 0.750. The number of fused-ring (bicyclic) bond motifs is 1. The van der Waals surface area contributed by atoms with E-state index in [2.05, 4.69) is 20.0 Å². The van der Waals surface area contributed by atoms with Gasteiger partial charge in [-0.3, -0.25) is 0 Å². The molecular formula is C12H17N5. The standard InChI is InChI=1S/C12H17N5/c1-9-8-10(2)17-11(13-9)14-12(15-17)16-6-4-3-5-7-16/h8H,3-7H2,1-2H3. The Balaban J connectivity index is 2.03. The first kappa shape index (κ1) is 10.5. The normalized spacial score (nSPS) is 16.7. The molecule has 3 heterocycles. The van der Waals surface area contributed by atoms with E-state index in [-0.39, 0.29) is 0 Å². The van der Waals surface area contributed by atoms with Gasteiger partial charge < -0.3 is 4.90 Å². The van der Waals surface area contributed by atoms with Crippen LogP contribution in [0.25, 0.3) is 5.78 Å². The number of rotatable bonds is 1. The van der Waals surface area contributed by atoms with Gasteiger partial charge >= 0.3 is 0 Å². The Morgan fingerprint density at radius 3 is 2.59 bits per heavy atom. The second kappa shape index (κ2) is 3.98. The van der Waals surface area contributed by atoms with Crippen LogP contribution in [0.3, 0.4) is 0 Å². The predicted molar refractivity (Wildman–Crippen MR) is 66.3 cm³/mol. The number of anilines is 1. The highest BCUT2D eigenvalue weighted by atomic mass is 15.4. The fraction of sp³-hybridized carbons (Fsp3) is 0.583. The third-order valence-electron chi connectivity index (χ3n) is 3.25. The van der Waals surface area contributed by atoms with Crippen molar-refractivity contribution in [2.45, 2.75) is 33.1 Å². The Bertz CT molecular complexity index is 539. The Kier molecular flexibility index (Phi) is 2.46. The van der Waals surface area contributed by atoms with Gasteiger partial charge in [-0.25, -0.2) is 4.98 Å². The number of aryl methyl sites for hydroxylation is 2. The lowest BCUT2D eigenvalue weighted by Gasteiger charge is -2.24. The van der Waals surface area contributed by atoms with Crippen molar-refractivity contribution in [1.29, 1.82) is 0 Å². The van der Waals surface area contributed by atoms with Crippen LogP contribution in [0.1, 0.15) is 30.7 Å². The molecule has 17 heavy (non-hydrogen) atoms. The minimum atomic E-state index is 0.711. The number of hydrogen-bond donors (Lipinski definition) is 0. The van der Waals surface area contributed by atoms with E-state index in [1.165, 1.54) is 19.3 Å². The summed E-state index contributed by atoms with van der Waals surface area (Å²) in [6, 6.07) is 2.03. The van der Waals surface area contributed by atoms with Crippen molar-refractivity contribution in [3.05, 3.63) is 17.5 Å². The third-order valence-corrected chi connectivity index (χ3v) is 3.25. The van der Waals surface area contributed by atoms with Gasteiger partial charge in [0.05, 0.1) is 0 Å². The van der Waals surface area contributed by atoms with Gasteiger partial charge in [0.15, 0.2) is 0 Å². The van der Waals surface area contributed by atoms with Gasteiger partial charge in [-0.15, -0.1) is 5.10 Å². The topological polar surface area (TPSA) is 46.3 Å². The molecule has 3 rings (SSSR count). The number of nitrogens with zero attached hydrogens (tertiary/aromatic N) is 5. The van der Waals surface area contributed by atoms with E-state index in [1.54, 1.807) is 0 Å². The lowest BCUT2D eigenvalue weighted by molar-refractivity contribution is 0.568. The Labute approximate surface area is 100 Å². The van der Waals surface area contributed by atoms with Crippen LogP contribution in [0, 0.1) is 13.8 Å². The van der Waals surface area contributed by atoms with E-state index in [4.69, 9.17) is 0 Å². The first-order valence-electron chi connectivity index (χ1n) is 6.20. The Morgan fingerprint density at radius 1 is 1.06 bits per heavy atom. The molecule has 2 aromatic heterocycles. The molecule has 1 saturated heterocycles.